The van der Waals surface area contributed by atoms with Crippen LogP contribution >= 0.6 is 35.0 Å². The molecule has 0 amide bonds. The highest BCUT2D eigenvalue weighted by atomic mass is 35.5. The lowest BCUT2D eigenvalue weighted by atomic mass is 10.4. The van der Waals surface area contributed by atoms with Gasteiger partial charge in [-0.3, -0.25) is 0 Å². The van der Waals surface area contributed by atoms with E-state index in [4.69, 9.17) is 23.2 Å². The molecule has 0 saturated heterocycles. The van der Waals surface area contributed by atoms with E-state index < -0.39 is 0 Å². The molecule has 0 aliphatic carbocycles. The van der Waals surface area contributed by atoms with Gasteiger partial charge in [-0.15, -0.1) is 0 Å². The van der Waals surface area contributed by atoms with Crippen LogP contribution in [0.3, 0.4) is 0 Å². The highest BCUT2D eigenvalue weighted by molar-refractivity contribution is 7.99. The van der Waals surface area contributed by atoms with Crippen LogP contribution in [-0.4, -0.2) is 16.4 Å². The van der Waals surface area contributed by atoms with Crippen LogP contribution in [0.5, 0.6) is 0 Å². The maximum absolute atomic E-state index is 6.08. The summed E-state index contributed by atoms with van der Waals surface area (Å²) in [6.45, 7) is 0.745. The third-order valence-corrected chi connectivity index (χ3v) is 4.79. The summed E-state index contributed by atoms with van der Waals surface area (Å²) in [5, 5.41) is 5.27. The molecule has 0 bridgehead atoms. The number of hydrogen-bond donors (Lipinski definition) is 1. The molecule has 108 valence electrons. The summed E-state index contributed by atoms with van der Waals surface area (Å²) in [5.41, 5.74) is 2.06. The second-order valence-electron chi connectivity index (χ2n) is 4.50. The van der Waals surface area contributed by atoms with Crippen LogP contribution in [0.4, 0.5) is 0 Å². The molecule has 3 aromatic rings. The zero-order valence-electron chi connectivity index (χ0n) is 11.3. The van der Waals surface area contributed by atoms with Gasteiger partial charge in [0, 0.05) is 17.6 Å². The van der Waals surface area contributed by atoms with Crippen LogP contribution in [-0.2, 0) is 6.54 Å². The van der Waals surface area contributed by atoms with E-state index in [1.807, 2.05) is 43.6 Å². The topological polar surface area (TPSA) is 29.3 Å². The fourth-order valence-electron chi connectivity index (χ4n) is 2.09. The van der Waals surface area contributed by atoms with Crippen molar-refractivity contribution in [3.05, 3.63) is 58.3 Å². The van der Waals surface area contributed by atoms with Gasteiger partial charge in [0.15, 0.2) is 0 Å². The molecule has 3 nitrogen and oxygen atoms in total. The van der Waals surface area contributed by atoms with Crippen molar-refractivity contribution in [2.24, 2.45) is 0 Å². The van der Waals surface area contributed by atoms with E-state index >= 15 is 0 Å². The molecule has 1 aromatic carbocycles. The van der Waals surface area contributed by atoms with Gasteiger partial charge in [0.2, 0.25) is 0 Å². The summed E-state index contributed by atoms with van der Waals surface area (Å²) in [6, 6.07) is 11.6. The van der Waals surface area contributed by atoms with E-state index in [1.54, 1.807) is 17.8 Å². The second kappa shape index (κ2) is 6.28. The third kappa shape index (κ3) is 3.04. The highest BCUT2D eigenvalue weighted by Gasteiger charge is 2.13. The molecule has 3 rings (SSSR count). The molecule has 6 heteroatoms. The quantitative estimate of drug-likeness (QED) is 0.759. The predicted octanol–water partition coefficient (Wildman–Crippen LogP) is 4.51. The van der Waals surface area contributed by atoms with E-state index in [-0.39, 0.29) is 0 Å². The lowest BCUT2D eigenvalue weighted by molar-refractivity contribution is 0.764. The SMILES string of the molecule is CNCc1c(Sc2ccc(Cl)c(Cl)c2)nc2ccccn12. The largest absolute Gasteiger partial charge is 0.314 e. The molecular weight excluding hydrogens is 325 g/mol. The van der Waals surface area contributed by atoms with Gasteiger partial charge < -0.3 is 9.72 Å². The van der Waals surface area contributed by atoms with Crippen molar-refractivity contribution in [3.8, 4) is 0 Å². The normalized spacial score (nSPS) is 11.2. The summed E-state index contributed by atoms with van der Waals surface area (Å²) in [4.78, 5) is 5.71. The van der Waals surface area contributed by atoms with Crippen molar-refractivity contribution in [2.75, 3.05) is 7.05 Å². The molecule has 0 aliphatic rings. The molecular formula is C15H13Cl2N3S. The number of hydrogen-bond acceptors (Lipinski definition) is 3. The average molecular weight is 338 g/mol. The van der Waals surface area contributed by atoms with Gasteiger partial charge in [-0.05, 0) is 37.4 Å². The van der Waals surface area contributed by atoms with E-state index in [9.17, 15) is 0 Å². The maximum Gasteiger partial charge on any atom is 0.138 e. The van der Waals surface area contributed by atoms with Gasteiger partial charge in [0.05, 0.1) is 15.7 Å². The van der Waals surface area contributed by atoms with Crippen LogP contribution in [0.15, 0.2) is 52.5 Å². The Morgan fingerprint density at radius 3 is 2.81 bits per heavy atom. The number of fused-ring (bicyclic) bond motifs is 1. The van der Waals surface area contributed by atoms with Crippen molar-refractivity contribution in [3.63, 3.8) is 0 Å². The lowest BCUT2D eigenvalue weighted by Gasteiger charge is -2.05. The number of pyridine rings is 1. The molecule has 2 aromatic heterocycles. The first kappa shape index (κ1) is 14.7. The Morgan fingerprint density at radius 2 is 2.05 bits per heavy atom. The average Bonchev–Trinajstić information content (AvgIpc) is 2.81. The predicted molar refractivity (Wildman–Crippen MR) is 88.5 cm³/mol. The van der Waals surface area contributed by atoms with E-state index in [1.165, 1.54) is 0 Å². The van der Waals surface area contributed by atoms with Crippen molar-refractivity contribution < 1.29 is 0 Å². The van der Waals surface area contributed by atoms with Crippen LogP contribution in [0, 0.1) is 0 Å². The Kier molecular flexibility index (Phi) is 4.40. The zero-order chi connectivity index (χ0) is 14.8. The number of benzene rings is 1. The van der Waals surface area contributed by atoms with Crippen LogP contribution in [0.2, 0.25) is 10.0 Å². The van der Waals surface area contributed by atoms with Crippen LogP contribution < -0.4 is 5.32 Å². The minimum absolute atomic E-state index is 0.556. The lowest BCUT2D eigenvalue weighted by Crippen LogP contribution is -2.08. The molecule has 21 heavy (non-hydrogen) atoms. The fraction of sp³-hybridized carbons (Fsp3) is 0.133. The third-order valence-electron chi connectivity index (χ3n) is 3.04. The van der Waals surface area contributed by atoms with E-state index in [2.05, 4.69) is 14.7 Å². The number of aromatic nitrogens is 2. The van der Waals surface area contributed by atoms with Crippen molar-refractivity contribution in [1.82, 2.24) is 14.7 Å². The molecule has 0 atom stereocenters. The molecule has 0 aliphatic heterocycles. The van der Waals surface area contributed by atoms with Crippen molar-refractivity contribution in [1.29, 1.82) is 0 Å². The Bertz CT molecular complexity index is 786. The minimum atomic E-state index is 0.556. The summed E-state index contributed by atoms with van der Waals surface area (Å²) in [5.74, 6) is 0. The first-order chi connectivity index (χ1) is 10.2. The first-order valence-corrected chi connectivity index (χ1v) is 8.00. The molecule has 0 saturated carbocycles. The summed E-state index contributed by atoms with van der Waals surface area (Å²) in [7, 11) is 1.93. The van der Waals surface area contributed by atoms with Gasteiger partial charge in [0.1, 0.15) is 10.7 Å². The van der Waals surface area contributed by atoms with Crippen LogP contribution in [0.25, 0.3) is 5.65 Å². The van der Waals surface area contributed by atoms with Gasteiger partial charge in [-0.25, -0.2) is 4.98 Å². The Labute approximate surface area is 137 Å². The number of halogens is 2. The van der Waals surface area contributed by atoms with Gasteiger partial charge in [-0.2, -0.15) is 0 Å². The van der Waals surface area contributed by atoms with Crippen LogP contribution in [0.1, 0.15) is 5.69 Å². The summed E-state index contributed by atoms with van der Waals surface area (Å²) in [6.07, 6.45) is 2.02. The van der Waals surface area contributed by atoms with E-state index in [0.29, 0.717) is 10.0 Å². The smallest absolute Gasteiger partial charge is 0.138 e. The fourth-order valence-corrected chi connectivity index (χ4v) is 3.41. The van der Waals surface area contributed by atoms with Crippen molar-refractivity contribution >= 4 is 40.6 Å². The molecule has 0 radical (unpaired) electrons. The second-order valence-corrected chi connectivity index (χ2v) is 6.38. The van der Waals surface area contributed by atoms with Gasteiger partial charge in [-0.1, -0.05) is 41.0 Å². The zero-order valence-corrected chi connectivity index (χ0v) is 13.6. The first-order valence-electron chi connectivity index (χ1n) is 6.42. The molecule has 1 N–H and O–H groups in total. The molecule has 0 spiro atoms. The van der Waals surface area contributed by atoms with Crippen molar-refractivity contribution in [2.45, 2.75) is 16.5 Å². The number of rotatable bonds is 4. The number of nitrogens with zero attached hydrogens (tertiary/aromatic N) is 2. The highest BCUT2D eigenvalue weighted by Crippen LogP contribution is 2.34. The standard InChI is InChI=1S/C15H13Cl2N3S/c1-18-9-13-15(19-14-4-2-3-7-20(13)14)21-10-5-6-11(16)12(17)8-10/h2-8,18H,9H2,1H3. The maximum atomic E-state index is 6.08. The van der Waals surface area contributed by atoms with E-state index in [0.717, 1.165) is 27.8 Å². The van der Waals surface area contributed by atoms with Gasteiger partial charge >= 0.3 is 0 Å². The Morgan fingerprint density at radius 1 is 1.19 bits per heavy atom. The molecule has 0 fully saturated rings. The summed E-state index contributed by atoms with van der Waals surface area (Å²) >= 11 is 13.6. The number of nitrogens with one attached hydrogen (secondary N) is 1. The Hall–Kier alpha value is -1.20. The van der Waals surface area contributed by atoms with Gasteiger partial charge in [0.25, 0.3) is 0 Å². The summed E-state index contributed by atoms with van der Waals surface area (Å²) < 4.78 is 2.09. The minimum Gasteiger partial charge on any atom is -0.314 e. The number of imidazole rings is 1. The monoisotopic (exact) mass is 337 g/mol. The molecule has 2 heterocycles. The molecule has 0 unspecified atom stereocenters. The Balaban J connectivity index is 2.02.